The average molecular weight is 387 g/mol. The summed E-state index contributed by atoms with van der Waals surface area (Å²) >= 11 is 3.51. The number of benzene rings is 2. The summed E-state index contributed by atoms with van der Waals surface area (Å²) in [5.74, 6) is 0. The predicted octanol–water partition coefficient (Wildman–Crippen LogP) is 6.17. The zero-order chi connectivity index (χ0) is 16.8. The Hall–Kier alpha value is -2.52. The van der Waals surface area contributed by atoms with Crippen molar-refractivity contribution in [2.45, 2.75) is 12.8 Å². The second kappa shape index (κ2) is 5.78. The molecule has 25 heavy (non-hydrogen) atoms. The normalized spacial score (nSPS) is 13.3. The Labute approximate surface area is 154 Å². The largest absolute Gasteiger partial charge is 0.246 e. The molecule has 0 aliphatic heterocycles. The third-order valence-electron chi connectivity index (χ3n) is 4.77. The molecule has 3 heteroatoms. The molecule has 1 aliphatic rings. The number of nitrogens with zero attached hydrogens (tertiary/aromatic N) is 2. The first kappa shape index (κ1) is 14.8. The van der Waals surface area contributed by atoms with E-state index in [1.54, 1.807) is 0 Å². The lowest BCUT2D eigenvalue weighted by Crippen LogP contribution is -1.97. The quantitative estimate of drug-likeness (QED) is 0.390. The molecule has 2 heterocycles. The highest BCUT2D eigenvalue weighted by Gasteiger charge is 2.11. The Kier molecular flexibility index (Phi) is 3.42. The monoisotopic (exact) mass is 386 g/mol. The van der Waals surface area contributed by atoms with Crippen LogP contribution in [0.2, 0.25) is 0 Å². The molecule has 0 atom stereocenters. The summed E-state index contributed by atoms with van der Waals surface area (Å²) in [6, 6.07) is 18.9. The minimum atomic E-state index is 0.911. The van der Waals surface area contributed by atoms with Gasteiger partial charge >= 0.3 is 0 Å². The molecule has 0 amide bonds. The van der Waals surface area contributed by atoms with Gasteiger partial charge in [-0.3, -0.25) is 0 Å². The highest BCUT2D eigenvalue weighted by molar-refractivity contribution is 9.10. The van der Waals surface area contributed by atoms with Crippen molar-refractivity contribution in [2.75, 3.05) is 0 Å². The summed E-state index contributed by atoms with van der Waals surface area (Å²) < 4.78 is 1.07. The molecule has 0 fully saturated rings. The van der Waals surface area contributed by atoms with Gasteiger partial charge in [0, 0.05) is 20.8 Å². The highest BCUT2D eigenvalue weighted by Crippen LogP contribution is 2.29. The molecule has 0 spiro atoms. The smallest absolute Gasteiger partial charge is 0.0894 e. The van der Waals surface area contributed by atoms with Gasteiger partial charge in [-0.15, -0.1) is 0 Å². The van der Waals surface area contributed by atoms with Crippen molar-refractivity contribution < 1.29 is 0 Å². The number of hydrogen-bond acceptors (Lipinski definition) is 2. The summed E-state index contributed by atoms with van der Waals surface area (Å²) in [5, 5.41) is 2.30. The van der Waals surface area contributed by atoms with E-state index in [0.29, 0.717) is 0 Å². The van der Waals surface area contributed by atoms with Gasteiger partial charge < -0.3 is 0 Å². The highest BCUT2D eigenvalue weighted by atomic mass is 79.9. The zero-order valence-electron chi connectivity index (χ0n) is 13.5. The van der Waals surface area contributed by atoms with Gasteiger partial charge in [-0.1, -0.05) is 52.3 Å². The summed E-state index contributed by atoms with van der Waals surface area (Å²) in [6.45, 7) is 0. The van der Waals surface area contributed by atoms with Gasteiger partial charge in [0.1, 0.15) is 0 Å². The van der Waals surface area contributed by atoms with Crippen molar-refractivity contribution >= 4 is 43.8 Å². The van der Waals surface area contributed by atoms with E-state index in [2.05, 4.69) is 64.5 Å². The average Bonchev–Trinajstić information content (AvgIpc) is 2.67. The van der Waals surface area contributed by atoms with Crippen LogP contribution in [0.15, 0.2) is 65.1 Å². The number of halogens is 1. The van der Waals surface area contributed by atoms with Crippen LogP contribution in [0.3, 0.4) is 0 Å². The van der Waals surface area contributed by atoms with Gasteiger partial charge in [0.2, 0.25) is 0 Å². The van der Waals surface area contributed by atoms with Crippen LogP contribution < -0.4 is 0 Å². The van der Waals surface area contributed by atoms with Crippen LogP contribution in [0.1, 0.15) is 17.5 Å². The second-order valence-electron chi connectivity index (χ2n) is 6.38. The second-order valence-corrected chi connectivity index (χ2v) is 7.30. The van der Waals surface area contributed by atoms with E-state index < -0.39 is 0 Å². The molecule has 2 aromatic carbocycles. The molecule has 120 valence electrons. The molecule has 0 saturated heterocycles. The van der Waals surface area contributed by atoms with Gasteiger partial charge in [-0.05, 0) is 48.7 Å². The Morgan fingerprint density at radius 1 is 0.800 bits per heavy atom. The maximum Gasteiger partial charge on any atom is 0.0894 e. The standard InChI is InChI=1S/C22H15BrN2/c23-17-9-12-19-16(13-17)8-11-20(24-19)21-10-7-15-6-5-14-3-1-2-4-18(14)22(15)25-21/h2,4-13H,1,3H2. The third kappa shape index (κ3) is 2.56. The lowest BCUT2D eigenvalue weighted by molar-refractivity contribution is 0.988. The molecule has 0 saturated carbocycles. The van der Waals surface area contributed by atoms with Crippen molar-refractivity contribution in [3.63, 3.8) is 0 Å². The van der Waals surface area contributed by atoms with E-state index in [-0.39, 0.29) is 0 Å². The van der Waals surface area contributed by atoms with E-state index in [1.807, 2.05) is 18.2 Å². The fourth-order valence-corrected chi connectivity index (χ4v) is 3.86. The van der Waals surface area contributed by atoms with Crippen LogP contribution in [-0.2, 0) is 6.42 Å². The molecule has 0 unspecified atom stereocenters. The number of aryl methyl sites for hydroxylation is 1. The molecular weight excluding hydrogens is 372 g/mol. The van der Waals surface area contributed by atoms with Crippen molar-refractivity contribution in [3.05, 3.63) is 76.3 Å². The van der Waals surface area contributed by atoms with E-state index in [9.17, 15) is 0 Å². The number of pyridine rings is 2. The van der Waals surface area contributed by atoms with Crippen molar-refractivity contribution in [2.24, 2.45) is 0 Å². The molecule has 2 nitrogen and oxygen atoms in total. The topological polar surface area (TPSA) is 25.8 Å². The van der Waals surface area contributed by atoms with E-state index >= 15 is 0 Å². The van der Waals surface area contributed by atoms with Gasteiger partial charge in [0.25, 0.3) is 0 Å². The molecule has 2 aromatic heterocycles. The van der Waals surface area contributed by atoms with Crippen LogP contribution in [0.4, 0.5) is 0 Å². The molecule has 0 bridgehead atoms. The first-order valence-corrected chi connectivity index (χ1v) is 9.23. The van der Waals surface area contributed by atoms with E-state index in [0.717, 1.165) is 45.1 Å². The molecule has 5 rings (SSSR count). The lowest BCUT2D eigenvalue weighted by Gasteiger charge is -2.13. The summed E-state index contributed by atoms with van der Waals surface area (Å²) in [4.78, 5) is 9.76. The zero-order valence-corrected chi connectivity index (χ0v) is 15.1. The first-order chi connectivity index (χ1) is 12.3. The minimum Gasteiger partial charge on any atom is -0.246 e. The summed E-state index contributed by atoms with van der Waals surface area (Å²) in [7, 11) is 0. The maximum absolute atomic E-state index is 4.96. The Balaban J connectivity index is 1.70. The molecule has 4 aromatic rings. The van der Waals surface area contributed by atoms with E-state index in [4.69, 9.17) is 9.97 Å². The van der Waals surface area contributed by atoms with Gasteiger partial charge in [0.15, 0.2) is 0 Å². The molecule has 0 radical (unpaired) electrons. The van der Waals surface area contributed by atoms with Crippen LogP contribution in [0, 0.1) is 0 Å². The Morgan fingerprint density at radius 2 is 1.60 bits per heavy atom. The number of rotatable bonds is 1. The first-order valence-electron chi connectivity index (χ1n) is 8.44. The van der Waals surface area contributed by atoms with Crippen LogP contribution >= 0.6 is 15.9 Å². The number of aromatic nitrogens is 2. The Morgan fingerprint density at radius 3 is 2.52 bits per heavy atom. The van der Waals surface area contributed by atoms with Gasteiger partial charge in [-0.2, -0.15) is 0 Å². The predicted molar refractivity (Wildman–Crippen MR) is 108 cm³/mol. The van der Waals surface area contributed by atoms with Gasteiger partial charge in [0.05, 0.1) is 22.4 Å². The minimum absolute atomic E-state index is 0.911. The van der Waals surface area contributed by atoms with Crippen LogP contribution in [0.25, 0.3) is 39.3 Å². The molecule has 1 aliphatic carbocycles. The fraction of sp³-hybridized carbons (Fsp3) is 0.0909. The number of allylic oxidation sites excluding steroid dienone is 1. The SMILES string of the molecule is Brc1ccc2nc(-c3ccc4ccc5c(c4n3)C=CCC5)ccc2c1. The fourth-order valence-electron chi connectivity index (χ4n) is 3.48. The van der Waals surface area contributed by atoms with Gasteiger partial charge in [-0.25, -0.2) is 9.97 Å². The number of fused-ring (bicyclic) bond motifs is 4. The lowest BCUT2D eigenvalue weighted by atomic mass is 9.94. The number of hydrogen-bond donors (Lipinski definition) is 0. The summed E-state index contributed by atoms with van der Waals surface area (Å²) in [5.41, 5.74) is 6.53. The van der Waals surface area contributed by atoms with Crippen molar-refractivity contribution in [1.29, 1.82) is 0 Å². The van der Waals surface area contributed by atoms with E-state index in [1.165, 1.54) is 16.5 Å². The molecule has 0 N–H and O–H groups in total. The van der Waals surface area contributed by atoms with Crippen LogP contribution in [0.5, 0.6) is 0 Å². The van der Waals surface area contributed by atoms with Crippen molar-refractivity contribution in [1.82, 2.24) is 9.97 Å². The Bertz CT molecular complexity index is 1160. The molecular formula is C22H15BrN2. The van der Waals surface area contributed by atoms with Crippen molar-refractivity contribution in [3.8, 4) is 11.4 Å². The third-order valence-corrected chi connectivity index (χ3v) is 5.26. The van der Waals surface area contributed by atoms with Crippen LogP contribution in [-0.4, -0.2) is 9.97 Å². The maximum atomic E-state index is 4.96. The summed E-state index contributed by atoms with van der Waals surface area (Å²) in [6.07, 6.45) is 6.66.